The van der Waals surface area contributed by atoms with Gasteiger partial charge in [-0.2, -0.15) is 0 Å². The number of hydrogen-bond donors (Lipinski definition) is 1. The molecule has 0 aromatic heterocycles. The summed E-state index contributed by atoms with van der Waals surface area (Å²) < 4.78 is 0. The highest BCUT2D eigenvalue weighted by atomic mass is 14.9. The van der Waals surface area contributed by atoms with E-state index in [0.29, 0.717) is 5.92 Å². The second-order valence-electron chi connectivity index (χ2n) is 5.95. The minimum atomic E-state index is 0.716. The van der Waals surface area contributed by atoms with Gasteiger partial charge in [-0.3, -0.25) is 0 Å². The molecule has 0 atom stereocenters. The summed E-state index contributed by atoms with van der Waals surface area (Å²) in [6.07, 6.45) is 12.6. The van der Waals surface area contributed by atoms with Crippen LogP contribution in [0.1, 0.15) is 58.8 Å². The van der Waals surface area contributed by atoms with Crippen molar-refractivity contribution in [3.05, 3.63) is 11.6 Å². The third kappa shape index (κ3) is 3.93. The lowest BCUT2D eigenvalue weighted by Gasteiger charge is -2.21. The lowest BCUT2D eigenvalue weighted by atomic mass is 9.86. The van der Waals surface area contributed by atoms with Gasteiger partial charge in [0.15, 0.2) is 0 Å². The van der Waals surface area contributed by atoms with Crippen molar-refractivity contribution in [3.63, 3.8) is 0 Å². The number of allylic oxidation sites excluding steroid dienone is 1. The van der Waals surface area contributed by atoms with E-state index in [4.69, 9.17) is 0 Å². The Morgan fingerprint density at radius 2 is 1.81 bits per heavy atom. The monoisotopic (exact) mass is 221 g/mol. The summed E-state index contributed by atoms with van der Waals surface area (Å²) >= 11 is 0. The molecule has 1 heteroatoms. The summed E-state index contributed by atoms with van der Waals surface area (Å²) in [5, 5.41) is 3.66. The zero-order valence-electron chi connectivity index (χ0n) is 11.0. The maximum Gasteiger partial charge on any atom is 0.0169 e. The van der Waals surface area contributed by atoms with Gasteiger partial charge in [-0.05, 0) is 37.5 Å². The molecule has 2 rings (SSSR count). The molecule has 0 aromatic carbocycles. The van der Waals surface area contributed by atoms with Crippen LogP contribution in [0, 0.1) is 11.8 Å². The fraction of sp³-hybridized carbons (Fsp3) is 0.867. The van der Waals surface area contributed by atoms with E-state index in [2.05, 4.69) is 25.2 Å². The first kappa shape index (κ1) is 12.2. The van der Waals surface area contributed by atoms with Crippen LogP contribution in [-0.2, 0) is 0 Å². The lowest BCUT2D eigenvalue weighted by molar-refractivity contribution is 0.415. The van der Waals surface area contributed by atoms with Gasteiger partial charge in [0, 0.05) is 12.6 Å². The van der Waals surface area contributed by atoms with E-state index in [1.165, 1.54) is 44.9 Å². The smallest absolute Gasteiger partial charge is 0.0169 e. The molecule has 0 aromatic rings. The fourth-order valence-corrected chi connectivity index (χ4v) is 2.61. The minimum Gasteiger partial charge on any atom is -0.310 e. The van der Waals surface area contributed by atoms with E-state index in [9.17, 15) is 0 Å². The summed E-state index contributed by atoms with van der Waals surface area (Å²) in [6.45, 7) is 5.81. The van der Waals surface area contributed by atoms with E-state index >= 15 is 0 Å². The molecule has 1 nitrogen and oxygen atoms in total. The largest absolute Gasteiger partial charge is 0.310 e. The number of nitrogens with one attached hydrogen (secondary N) is 1. The Morgan fingerprint density at radius 3 is 2.38 bits per heavy atom. The average Bonchev–Trinajstić information content (AvgIpc) is 3.09. The Kier molecular flexibility index (Phi) is 4.45. The molecule has 0 amide bonds. The molecule has 1 N–H and O–H groups in total. The fourth-order valence-electron chi connectivity index (χ4n) is 2.61. The van der Waals surface area contributed by atoms with Crippen LogP contribution in [0.4, 0.5) is 0 Å². The molecule has 2 aliphatic carbocycles. The zero-order chi connectivity index (χ0) is 11.4. The molecule has 0 saturated heterocycles. The van der Waals surface area contributed by atoms with Crippen molar-refractivity contribution in [1.29, 1.82) is 0 Å². The Hall–Kier alpha value is -0.300. The molecule has 2 fully saturated rings. The molecule has 0 heterocycles. The van der Waals surface area contributed by atoms with Crippen LogP contribution in [0.3, 0.4) is 0 Å². The van der Waals surface area contributed by atoms with Crippen molar-refractivity contribution in [2.45, 2.75) is 64.8 Å². The van der Waals surface area contributed by atoms with Crippen LogP contribution in [0.5, 0.6) is 0 Å². The number of hydrogen-bond acceptors (Lipinski definition) is 1. The van der Waals surface area contributed by atoms with E-state index in [0.717, 1.165) is 18.5 Å². The molecule has 0 aliphatic heterocycles. The topological polar surface area (TPSA) is 12.0 Å². The third-order valence-electron chi connectivity index (χ3n) is 4.01. The van der Waals surface area contributed by atoms with Gasteiger partial charge in [-0.25, -0.2) is 0 Å². The molecular formula is C15H27N. The third-order valence-corrected chi connectivity index (χ3v) is 4.01. The SMILES string of the molecule is CC(C)C(=CC1CCCCC1)CNC1CC1. The second-order valence-corrected chi connectivity index (χ2v) is 5.95. The highest BCUT2D eigenvalue weighted by Gasteiger charge is 2.21. The predicted octanol–water partition coefficient (Wildman–Crippen LogP) is 3.90. The van der Waals surface area contributed by atoms with Gasteiger partial charge in [-0.15, -0.1) is 0 Å². The van der Waals surface area contributed by atoms with E-state index < -0.39 is 0 Å². The Bertz CT molecular complexity index is 232. The molecule has 92 valence electrons. The minimum absolute atomic E-state index is 0.716. The molecule has 2 aliphatic rings. The van der Waals surface area contributed by atoms with Crippen LogP contribution in [0.2, 0.25) is 0 Å². The standard InChI is InChI=1S/C15H27N/c1-12(2)14(11-16-15-8-9-15)10-13-6-4-3-5-7-13/h10,12-13,15-16H,3-9,11H2,1-2H3. The van der Waals surface area contributed by atoms with E-state index in [1.54, 1.807) is 5.57 Å². The van der Waals surface area contributed by atoms with Crippen LogP contribution in [0.15, 0.2) is 11.6 Å². The summed E-state index contributed by atoms with van der Waals surface area (Å²) in [7, 11) is 0. The Labute approximate surface area is 101 Å². The first-order valence-electron chi connectivity index (χ1n) is 7.19. The van der Waals surface area contributed by atoms with Gasteiger partial charge in [0.2, 0.25) is 0 Å². The second kappa shape index (κ2) is 5.86. The lowest BCUT2D eigenvalue weighted by Crippen LogP contribution is -2.22. The molecular weight excluding hydrogens is 194 g/mol. The predicted molar refractivity (Wildman–Crippen MR) is 70.5 cm³/mol. The summed E-state index contributed by atoms with van der Waals surface area (Å²) in [6, 6.07) is 0.841. The van der Waals surface area contributed by atoms with Gasteiger partial charge >= 0.3 is 0 Å². The van der Waals surface area contributed by atoms with Crippen molar-refractivity contribution < 1.29 is 0 Å². The first-order valence-corrected chi connectivity index (χ1v) is 7.19. The summed E-state index contributed by atoms with van der Waals surface area (Å²) in [5.41, 5.74) is 1.65. The van der Waals surface area contributed by atoms with Crippen LogP contribution in [0.25, 0.3) is 0 Å². The van der Waals surface area contributed by atoms with Crippen molar-refractivity contribution >= 4 is 0 Å². The molecule has 0 radical (unpaired) electrons. The molecule has 0 bridgehead atoms. The molecule has 0 spiro atoms. The van der Waals surface area contributed by atoms with E-state index in [-0.39, 0.29) is 0 Å². The zero-order valence-corrected chi connectivity index (χ0v) is 11.0. The van der Waals surface area contributed by atoms with Crippen molar-refractivity contribution in [2.75, 3.05) is 6.54 Å². The van der Waals surface area contributed by atoms with E-state index in [1.807, 2.05) is 0 Å². The highest BCUT2D eigenvalue weighted by molar-refractivity contribution is 5.10. The maximum atomic E-state index is 3.66. The van der Waals surface area contributed by atoms with Gasteiger partial charge in [0.25, 0.3) is 0 Å². The first-order chi connectivity index (χ1) is 7.75. The van der Waals surface area contributed by atoms with Crippen LogP contribution < -0.4 is 5.32 Å². The number of rotatable bonds is 5. The summed E-state index contributed by atoms with van der Waals surface area (Å²) in [4.78, 5) is 0. The molecule has 0 unspecified atom stereocenters. The van der Waals surface area contributed by atoms with Gasteiger partial charge in [0.1, 0.15) is 0 Å². The average molecular weight is 221 g/mol. The summed E-state index contributed by atoms with van der Waals surface area (Å²) in [5.74, 6) is 1.60. The van der Waals surface area contributed by atoms with Gasteiger partial charge < -0.3 is 5.32 Å². The van der Waals surface area contributed by atoms with Gasteiger partial charge in [-0.1, -0.05) is 44.8 Å². The normalized spacial score (nSPS) is 24.1. The van der Waals surface area contributed by atoms with Crippen molar-refractivity contribution in [1.82, 2.24) is 5.32 Å². The quantitative estimate of drug-likeness (QED) is 0.694. The molecule has 16 heavy (non-hydrogen) atoms. The van der Waals surface area contributed by atoms with Crippen LogP contribution >= 0.6 is 0 Å². The Balaban J connectivity index is 1.84. The molecule has 2 saturated carbocycles. The van der Waals surface area contributed by atoms with Crippen molar-refractivity contribution in [2.24, 2.45) is 11.8 Å². The van der Waals surface area contributed by atoms with Gasteiger partial charge in [0.05, 0.1) is 0 Å². The van der Waals surface area contributed by atoms with Crippen LogP contribution in [-0.4, -0.2) is 12.6 Å². The maximum absolute atomic E-state index is 3.66. The highest BCUT2D eigenvalue weighted by Crippen LogP contribution is 2.27. The Morgan fingerprint density at radius 1 is 1.12 bits per heavy atom. The van der Waals surface area contributed by atoms with Crippen molar-refractivity contribution in [3.8, 4) is 0 Å².